The SMILES string of the molecule is O=C1C(N2CCCCC2)=C(n2nnc3ccccc32)C(=O)C(N2CCCCC2)=C1n1nnc2ccccc21. The molecule has 10 nitrogen and oxygen atoms in total. The summed E-state index contributed by atoms with van der Waals surface area (Å²) < 4.78 is 3.14. The molecule has 0 unspecified atom stereocenters. The number of fused-ring (bicyclic) bond motifs is 2. The van der Waals surface area contributed by atoms with E-state index in [2.05, 4.69) is 30.4 Å². The lowest BCUT2D eigenvalue weighted by atomic mass is 9.94. The van der Waals surface area contributed by atoms with Crippen molar-refractivity contribution in [2.75, 3.05) is 26.2 Å². The van der Waals surface area contributed by atoms with Gasteiger partial charge in [0, 0.05) is 26.2 Å². The molecule has 4 heterocycles. The molecule has 3 aliphatic rings. The van der Waals surface area contributed by atoms with E-state index in [0.29, 0.717) is 59.6 Å². The number of benzene rings is 2. The van der Waals surface area contributed by atoms with Crippen LogP contribution in [0.1, 0.15) is 38.5 Å². The second-order valence-electron chi connectivity index (χ2n) is 10.1. The van der Waals surface area contributed by atoms with Crippen LogP contribution in [0.2, 0.25) is 0 Å². The standard InChI is InChI=1S/C28H28N8O2/c37-27-23(33-15-7-1-8-16-33)25(35-21-13-5-3-11-19(21)29-31-35)28(38)24(34-17-9-2-10-18-34)26(27)36-22-14-6-4-12-20(22)30-32-36/h3-6,11-14H,1-2,7-10,15-18H2. The van der Waals surface area contributed by atoms with Gasteiger partial charge in [-0.1, -0.05) is 34.7 Å². The maximum atomic E-state index is 14.7. The van der Waals surface area contributed by atoms with Crippen molar-refractivity contribution in [1.29, 1.82) is 0 Å². The molecule has 192 valence electrons. The van der Waals surface area contributed by atoms with Crippen LogP contribution in [0.15, 0.2) is 59.9 Å². The molecular formula is C28H28N8O2. The van der Waals surface area contributed by atoms with Gasteiger partial charge in [0.1, 0.15) is 33.8 Å². The van der Waals surface area contributed by atoms with E-state index in [1.807, 2.05) is 48.5 Å². The van der Waals surface area contributed by atoms with Crippen LogP contribution < -0.4 is 0 Å². The maximum absolute atomic E-state index is 14.7. The van der Waals surface area contributed by atoms with Crippen molar-refractivity contribution in [3.63, 3.8) is 0 Å². The van der Waals surface area contributed by atoms with Crippen LogP contribution in [0.3, 0.4) is 0 Å². The van der Waals surface area contributed by atoms with Crippen LogP contribution in [0.5, 0.6) is 0 Å². The van der Waals surface area contributed by atoms with Crippen molar-refractivity contribution in [3.8, 4) is 0 Å². The van der Waals surface area contributed by atoms with E-state index in [9.17, 15) is 9.59 Å². The number of piperidine rings is 2. The molecule has 38 heavy (non-hydrogen) atoms. The lowest BCUT2D eigenvalue weighted by Crippen LogP contribution is -2.44. The Balaban J connectivity index is 1.50. The first kappa shape index (κ1) is 22.8. The summed E-state index contributed by atoms with van der Waals surface area (Å²) in [5, 5.41) is 17.4. The van der Waals surface area contributed by atoms with Gasteiger partial charge in [-0.15, -0.1) is 10.2 Å². The van der Waals surface area contributed by atoms with Crippen molar-refractivity contribution < 1.29 is 9.59 Å². The molecule has 0 atom stereocenters. The third-order valence-electron chi connectivity index (χ3n) is 7.78. The smallest absolute Gasteiger partial charge is 0.232 e. The summed E-state index contributed by atoms with van der Waals surface area (Å²) in [6.07, 6.45) is 6.04. The number of allylic oxidation sites excluding steroid dienone is 2. The average Bonchev–Trinajstić information content (AvgIpc) is 3.59. The van der Waals surface area contributed by atoms with E-state index in [1.165, 1.54) is 0 Å². The number of Topliss-reactive ketones (excluding diaryl/α,β-unsaturated/α-hetero) is 2. The van der Waals surface area contributed by atoms with Gasteiger partial charge in [0.25, 0.3) is 0 Å². The largest absolute Gasteiger partial charge is 0.366 e. The summed E-state index contributed by atoms with van der Waals surface area (Å²) >= 11 is 0. The number of hydrogen-bond acceptors (Lipinski definition) is 8. The summed E-state index contributed by atoms with van der Waals surface area (Å²) in [5.74, 6) is -0.449. The minimum absolute atomic E-state index is 0.225. The predicted molar refractivity (Wildman–Crippen MR) is 142 cm³/mol. The Labute approximate surface area is 219 Å². The third kappa shape index (κ3) is 3.54. The highest BCUT2D eigenvalue weighted by molar-refractivity contribution is 6.43. The Morgan fingerprint density at radius 1 is 0.500 bits per heavy atom. The molecule has 1 aliphatic carbocycles. The Bertz CT molecular complexity index is 1510. The molecule has 7 rings (SSSR count). The van der Waals surface area contributed by atoms with Crippen LogP contribution in [-0.4, -0.2) is 77.5 Å². The van der Waals surface area contributed by atoms with E-state index < -0.39 is 0 Å². The van der Waals surface area contributed by atoms with Crippen LogP contribution in [0.4, 0.5) is 0 Å². The molecule has 0 amide bonds. The second kappa shape index (κ2) is 9.20. The molecule has 2 aliphatic heterocycles. The van der Waals surface area contributed by atoms with Gasteiger partial charge >= 0.3 is 0 Å². The lowest BCUT2D eigenvalue weighted by Gasteiger charge is -2.37. The highest BCUT2D eigenvalue weighted by Crippen LogP contribution is 2.37. The zero-order valence-corrected chi connectivity index (χ0v) is 21.1. The van der Waals surface area contributed by atoms with Crippen molar-refractivity contribution in [3.05, 3.63) is 59.9 Å². The Morgan fingerprint density at radius 2 is 0.895 bits per heavy atom. The fourth-order valence-corrected chi connectivity index (χ4v) is 5.94. The maximum Gasteiger partial charge on any atom is 0.232 e. The van der Waals surface area contributed by atoms with Gasteiger partial charge in [-0.05, 0) is 62.8 Å². The number of likely N-dealkylation sites (tertiary alicyclic amines) is 2. The zero-order valence-electron chi connectivity index (χ0n) is 21.1. The van der Waals surface area contributed by atoms with Gasteiger partial charge in [-0.25, -0.2) is 9.36 Å². The van der Waals surface area contributed by atoms with Gasteiger partial charge in [-0.2, -0.15) is 0 Å². The van der Waals surface area contributed by atoms with Crippen molar-refractivity contribution >= 4 is 45.0 Å². The molecule has 0 radical (unpaired) electrons. The number of nitrogens with zero attached hydrogens (tertiary/aromatic N) is 8. The molecule has 2 saturated heterocycles. The zero-order chi connectivity index (χ0) is 25.6. The Hall–Kier alpha value is -4.34. The average molecular weight is 509 g/mol. The predicted octanol–water partition coefficient (Wildman–Crippen LogP) is 3.34. The van der Waals surface area contributed by atoms with Crippen LogP contribution in [0.25, 0.3) is 33.5 Å². The topological polar surface area (TPSA) is 102 Å². The fraction of sp³-hybridized carbons (Fsp3) is 0.357. The molecule has 0 saturated carbocycles. The van der Waals surface area contributed by atoms with E-state index >= 15 is 0 Å². The second-order valence-corrected chi connectivity index (χ2v) is 10.1. The number of carbonyl (C=O) groups excluding carboxylic acids is 2. The van der Waals surface area contributed by atoms with Crippen molar-refractivity contribution in [2.45, 2.75) is 38.5 Å². The Kier molecular flexibility index (Phi) is 5.52. The van der Waals surface area contributed by atoms with Gasteiger partial charge < -0.3 is 9.80 Å². The molecular weight excluding hydrogens is 480 g/mol. The van der Waals surface area contributed by atoms with Crippen LogP contribution in [0, 0.1) is 0 Å². The minimum Gasteiger partial charge on any atom is -0.366 e. The molecule has 0 spiro atoms. The highest BCUT2D eigenvalue weighted by Gasteiger charge is 2.43. The van der Waals surface area contributed by atoms with Crippen LogP contribution in [-0.2, 0) is 9.59 Å². The summed E-state index contributed by atoms with van der Waals surface area (Å²) in [5.41, 5.74) is 4.06. The Morgan fingerprint density at radius 3 is 1.32 bits per heavy atom. The molecule has 2 aromatic heterocycles. The molecule has 0 bridgehead atoms. The number of para-hydroxylation sites is 2. The van der Waals surface area contributed by atoms with E-state index in [4.69, 9.17) is 0 Å². The molecule has 10 heteroatoms. The van der Waals surface area contributed by atoms with Crippen molar-refractivity contribution in [2.24, 2.45) is 0 Å². The first-order chi connectivity index (χ1) is 18.7. The van der Waals surface area contributed by atoms with Gasteiger partial charge in [0.2, 0.25) is 11.6 Å². The number of aromatic nitrogens is 6. The number of ketones is 2. The highest BCUT2D eigenvalue weighted by atomic mass is 16.1. The molecule has 4 aromatic rings. The van der Waals surface area contributed by atoms with Gasteiger partial charge in [-0.3, -0.25) is 9.59 Å². The summed E-state index contributed by atoms with van der Waals surface area (Å²) in [6.45, 7) is 2.81. The molecule has 0 N–H and O–H groups in total. The van der Waals surface area contributed by atoms with Gasteiger partial charge in [0.05, 0.1) is 11.0 Å². The van der Waals surface area contributed by atoms with Crippen molar-refractivity contribution in [1.82, 2.24) is 39.8 Å². The third-order valence-corrected chi connectivity index (χ3v) is 7.78. The normalized spacial score (nSPS) is 19.4. The first-order valence-corrected chi connectivity index (χ1v) is 13.4. The minimum atomic E-state index is -0.225. The molecule has 2 aromatic carbocycles. The number of rotatable bonds is 4. The first-order valence-electron chi connectivity index (χ1n) is 13.4. The van der Waals surface area contributed by atoms with E-state index in [1.54, 1.807) is 9.36 Å². The lowest BCUT2D eigenvalue weighted by molar-refractivity contribution is -0.116. The quantitative estimate of drug-likeness (QED) is 0.387. The fourth-order valence-electron chi connectivity index (χ4n) is 5.94. The number of hydrogen-bond donors (Lipinski definition) is 0. The summed E-state index contributed by atoms with van der Waals surface area (Å²) in [7, 11) is 0. The van der Waals surface area contributed by atoms with Gasteiger partial charge in [0.15, 0.2) is 0 Å². The van der Waals surface area contributed by atoms with E-state index in [0.717, 1.165) is 38.5 Å². The van der Waals surface area contributed by atoms with Crippen LogP contribution >= 0.6 is 0 Å². The summed E-state index contributed by atoms with van der Waals surface area (Å²) in [4.78, 5) is 33.6. The number of carbonyl (C=O) groups is 2. The monoisotopic (exact) mass is 508 g/mol. The van der Waals surface area contributed by atoms with E-state index in [-0.39, 0.29) is 23.0 Å². The molecule has 2 fully saturated rings. The summed E-state index contributed by atoms with van der Waals surface area (Å²) in [6, 6.07) is 15.1.